The van der Waals surface area contributed by atoms with Crippen LogP contribution in [-0.4, -0.2) is 27.0 Å². The van der Waals surface area contributed by atoms with Gasteiger partial charge >= 0.3 is 0 Å². The zero-order chi connectivity index (χ0) is 22.2. The predicted octanol–water partition coefficient (Wildman–Crippen LogP) is 6.06. The molecule has 0 radical (unpaired) electrons. The first-order valence-corrected chi connectivity index (χ1v) is 11.4. The first-order valence-electron chi connectivity index (χ1n) is 10.2. The van der Waals surface area contributed by atoms with Crippen molar-refractivity contribution >= 4 is 28.8 Å². The van der Waals surface area contributed by atoms with Crippen LogP contribution < -0.4 is 4.74 Å². The molecule has 6 nitrogen and oxygen atoms in total. The minimum absolute atomic E-state index is 0.0548. The van der Waals surface area contributed by atoms with E-state index in [4.69, 9.17) is 20.8 Å². The van der Waals surface area contributed by atoms with Crippen molar-refractivity contribution in [2.75, 3.05) is 0 Å². The van der Waals surface area contributed by atoms with Gasteiger partial charge in [-0.05, 0) is 44.2 Å². The molecule has 4 aromatic rings. The molecule has 0 saturated carbocycles. The summed E-state index contributed by atoms with van der Waals surface area (Å²) >= 11 is 7.73. The van der Waals surface area contributed by atoms with E-state index in [2.05, 4.69) is 10.2 Å². The molecule has 1 aliphatic heterocycles. The molecule has 1 aliphatic rings. The molecule has 162 valence electrons. The van der Waals surface area contributed by atoms with Crippen LogP contribution in [0.5, 0.6) is 5.75 Å². The molecular weight excluding hydrogens is 446 g/mol. The SMILES string of the molecule is CC(C)N(Cc1nnc(-c2ccccc2Cl)o1)C(=O)c1cc2c(s1)-c1ccccc1OC2. The predicted molar refractivity (Wildman–Crippen MR) is 124 cm³/mol. The van der Waals surface area contributed by atoms with Crippen molar-refractivity contribution in [3.05, 3.63) is 76.0 Å². The van der Waals surface area contributed by atoms with Crippen LogP contribution in [0.25, 0.3) is 21.9 Å². The normalized spacial score (nSPS) is 12.2. The van der Waals surface area contributed by atoms with Gasteiger partial charge in [-0.3, -0.25) is 4.79 Å². The largest absolute Gasteiger partial charge is 0.488 e. The van der Waals surface area contributed by atoms with Crippen LogP contribution in [-0.2, 0) is 13.2 Å². The molecule has 32 heavy (non-hydrogen) atoms. The van der Waals surface area contributed by atoms with Crippen molar-refractivity contribution in [1.29, 1.82) is 0 Å². The lowest BCUT2D eigenvalue weighted by atomic mass is 10.1. The molecule has 0 bridgehead atoms. The quantitative estimate of drug-likeness (QED) is 0.358. The molecule has 3 heterocycles. The van der Waals surface area contributed by atoms with Gasteiger partial charge in [0, 0.05) is 22.0 Å². The molecule has 0 fully saturated rings. The Bertz CT molecular complexity index is 1300. The highest BCUT2D eigenvalue weighted by Gasteiger charge is 2.27. The van der Waals surface area contributed by atoms with Gasteiger partial charge in [-0.2, -0.15) is 0 Å². The Morgan fingerprint density at radius 1 is 1.12 bits per heavy atom. The summed E-state index contributed by atoms with van der Waals surface area (Å²) < 4.78 is 11.7. The average molecular weight is 466 g/mol. The van der Waals surface area contributed by atoms with E-state index in [0.29, 0.717) is 33.9 Å². The van der Waals surface area contributed by atoms with Crippen molar-refractivity contribution in [1.82, 2.24) is 15.1 Å². The van der Waals surface area contributed by atoms with Crippen LogP contribution in [0.1, 0.15) is 35.0 Å². The van der Waals surface area contributed by atoms with Gasteiger partial charge in [-0.25, -0.2) is 0 Å². The second-order valence-electron chi connectivity index (χ2n) is 7.76. The van der Waals surface area contributed by atoms with Crippen molar-refractivity contribution in [2.45, 2.75) is 33.0 Å². The summed E-state index contributed by atoms with van der Waals surface area (Å²) in [5.74, 6) is 1.47. The number of fused-ring (bicyclic) bond motifs is 3. The molecule has 0 unspecified atom stereocenters. The van der Waals surface area contributed by atoms with Gasteiger partial charge in [0.15, 0.2) is 0 Å². The second-order valence-corrected chi connectivity index (χ2v) is 9.22. The van der Waals surface area contributed by atoms with E-state index in [-0.39, 0.29) is 18.5 Å². The van der Waals surface area contributed by atoms with Gasteiger partial charge in [-0.15, -0.1) is 21.5 Å². The van der Waals surface area contributed by atoms with E-state index >= 15 is 0 Å². The number of hydrogen-bond acceptors (Lipinski definition) is 6. The second kappa shape index (κ2) is 8.41. The van der Waals surface area contributed by atoms with Crippen molar-refractivity contribution in [3.8, 4) is 27.6 Å². The fourth-order valence-electron chi connectivity index (χ4n) is 3.64. The van der Waals surface area contributed by atoms with Crippen LogP contribution in [0.15, 0.2) is 59.0 Å². The van der Waals surface area contributed by atoms with Gasteiger partial charge in [-0.1, -0.05) is 35.9 Å². The number of para-hydroxylation sites is 1. The number of hydrogen-bond donors (Lipinski definition) is 0. The molecule has 0 spiro atoms. The smallest absolute Gasteiger partial charge is 0.264 e. The topological polar surface area (TPSA) is 68.5 Å². The van der Waals surface area contributed by atoms with Crippen LogP contribution >= 0.6 is 22.9 Å². The third-order valence-corrected chi connectivity index (χ3v) is 6.82. The number of carbonyl (C=O) groups excluding carboxylic acids is 1. The van der Waals surface area contributed by atoms with Gasteiger partial charge < -0.3 is 14.1 Å². The fraction of sp³-hybridized carbons (Fsp3) is 0.208. The summed E-state index contributed by atoms with van der Waals surface area (Å²) in [5, 5.41) is 8.79. The van der Waals surface area contributed by atoms with Crippen molar-refractivity contribution in [2.24, 2.45) is 0 Å². The number of thiophene rings is 1. The van der Waals surface area contributed by atoms with Crippen LogP contribution in [0.4, 0.5) is 0 Å². The molecule has 0 aliphatic carbocycles. The van der Waals surface area contributed by atoms with E-state index in [1.54, 1.807) is 11.0 Å². The lowest BCUT2D eigenvalue weighted by Gasteiger charge is -2.24. The van der Waals surface area contributed by atoms with E-state index in [9.17, 15) is 4.79 Å². The Morgan fingerprint density at radius 2 is 1.88 bits per heavy atom. The molecule has 8 heteroatoms. The average Bonchev–Trinajstić information content (AvgIpc) is 3.44. The lowest BCUT2D eigenvalue weighted by molar-refractivity contribution is 0.0677. The standard InChI is InChI=1S/C24H20ClN3O3S/c1-14(2)28(12-21-26-27-23(31-21)16-7-3-5-9-18(16)25)24(29)20-11-15-13-30-19-10-6-4-8-17(19)22(15)32-20/h3-11,14H,12-13H2,1-2H3. The fourth-order valence-corrected chi connectivity index (χ4v) is 5.01. The van der Waals surface area contributed by atoms with Gasteiger partial charge in [0.1, 0.15) is 12.4 Å². The number of amides is 1. The highest BCUT2D eigenvalue weighted by molar-refractivity contribution is 7.17. The number of nitrogens with zero attached hydrogens (tertiary/aromatic N) is 3. The van der Waals surface area contributed by atoms with Crippen molar-refractivity contribution in [3.63, 3.8) is 0 Å². The number of halogens is 1. The Kier molecular flexibility index (Phi) is 5.45. The Balaban J connectivity index is 1.41. The molecule has 0 atom stereocenters. The Morgan fingerprint density at radius 3 is 2.66 bits per heavy atom. The zero-order valence-electron chi connectivity index (χ0n) is 17.5. The minimum atomic E-state index is -0.0747. The summed E-state index contributed by atoms with van der Waals surface area (Å²) in [7, 11) is 0. The molecule has 2 aromatic heterocycles. The summed E-state index contributed by atoms with van der Waals surface area (Å²) in [4.78, 5) is 16.9. The number of rotatable bonds is 5. The summed E-state index contributed by atoms with van der Waals surface area (Å²) in [6.07, 6.45) is 0. The van der Waals surface area contributed by atoms with Crippen LogP contribution in [0.2, 0.25) is 5.02 Å². The first kappa shape index (κ1) is 20.7. The maximum Gasteiger partial charge on any atom is 0.264 e. The molecule has 1 amide bonds. The van der Waals surface area contributed by atoms with E-state index in [1.165, 1.54) is 11.3 Å². The van der Waals surface area contributed by atoms with Crippen LogP contribution in [0, 0.1) is 0 Å². The number of aromatic nitrogens is 2. The van der Waals surface area contributed by atoms with Gasteiger partial charge in [0.2, 0.25) is 11.8 Å². The zero-order valence-corrected chi connectivity index (χ0v) is 19.1. The molecule has 2 aromatic carbocycles. The number of benzene rings is 2. The maximum atomic E-state index is 13.4. The van der Waals surface area contributed by atoms with Gasteiger partial charge in [0.25, 0.3) is 5.91 Å². The maximum absolute atomic E-state index is 13.4. The van der Waals surface area contributed by atoms with E-state index in [1.807, 2.05) is 62.4 Å². The van der Waals surface area contributed by atoms with Crippen molar-refractivity contribution < 1.29 is 13.9 Å². The Labute approximate surface area is 194 Å². The van der Waals surface area contributed by atoms with E-state index in [0.717, 1.165) is 21.8 Å². The third-order valence-electron chi connectivity index (χ3n) is 5.30. The highest BCUT2D eigenvalue weighted by atomic mass is 35.5. The highest BCUT2D eigenvalue weighted by Crippen LogP contribution is 2.42. The third kappa shape index (κ3) is 3.78. The Hall–Kier alpha value is -3.16. The first-order chi connectivity index (χ1) is 15.5. The number of carbonyl (C=O) groups is 1. The minimum Gasteiger partial charge on any atom is -0.488 e. The molecule has 5 rings (SSSR count). The van der Waals surface area contributed by atoms with E-state index < -0.39 is 0 Å². The molecule has 0 saturated heterocycles. The summed E-state index contributed by atoms with van der Waals surface area (Å²) in [5.41, 5.74) is 2.72. The monoisotopic (exact) mass is 465 g/mol. The van der Waals surface area contributed by atoms with Gasteiger partial charge in [0.05, 0.1) is 22.0 Å². The molecular formula is C24H20ClN3O3S. The summed E-state index contributed by atoms with van der Waals surface area (Å²) in [6.45, 7) is 4.61. The lowest BCUT2D eigenvalue weighted by Crippen LogP contribution is -2.36. The summed E-state index contributed by atoms with van der Waals surface area (Å²) in [6, 6.07) is 17.1. The van der Waals surface area contributed by atoms with Crippen LogP contribution in [0.3, 0.4) is 0 Å². The molecule has 0 N–H and O–H groups in total. The number of ether oxygens (including phenoxy) is 1.